The van der Waals surface area contributed by atoms with E-state index in [0.29, 0.717) is 40.4 Å². The SMILES string of the molecule is COc1cc(Cl)c(C)cc1Nc1cc(C(=O)NCC(C)C)ncn1. The minimum Gasteiger partial charge on any atom is -0.495 e. The number of carbonyl (C=O) groups is 1. The number of ether oxygens (including phenoxy) is 1. The first kappa shape index (κ1) is 18.0. The van der Waals surface area contributed by atoms with Crippen LogP contribution in [-0.2, 0) is 0 Å². The molecule has 7 heteroatoms. The average Bonchev–Trinajstić information content (AvgIpc) is 2.56. The molecule has 0 aliphatic carbocycles. The van der Waals surface area contributed by atoms with Crippen molar-refractivity contribution in [3.8, 4) is 5.75 Å². The summed E-state index contributed by atoms with van der Waals surface area (Å²) in [7, 11) is 1.57. The van der Waals surface area contributed by atoms with E-state index in [9.17, 15) is 4.79 Å². The van der Waals surface area contributed by atoms with Crippen molar-refractivity contribution in [3.63, 3.8) is 0 Å². The van der Waals surface area contributed by atoms with Crippen LogP contribution < -0.4 is 15.4 Å². The second-order valence-electron chi connectivity index (χ2n) is 5.82. The minimum absolute atomic E-state index is 0.228. The smallest absolute Gasteiger partial charge is 0.270 e. The molecule has 1 aromatic heterocycles. The Morgan fingerprint density at radius 1 is 1.29 bits per heavy atom. The highest BCUT2D eigenvalue weighted by molar-refractivity contribution is 6.31. The van der Waals surface area contributed by atoms with Crippen molar-refractivity contribution < 1.29 is 9.53 Å². The Balaban J connectivity index is 2.21. The fourth-order valence-corrected chi connectivity index (χ4v) is 2.16. The van der Waals surface area contributed by atoms with Crippen LogP contribution in [0.25, 0.3) is 0 Å². The van der Waals surface area contributed by atoms with Crippen molar-refractivity contribution in [1.29, 1.82) is 0 Å². The summed E-state index contributed by atoms with van der Waals surface area (Å²) in [4.78, 5) is 20.3. The quantitative estimate of drug-likeness (QED) is 0.834. The Hall–Kier alpha value is -2.34. The predicted molar refractivity (Wildman–Crippen MR) is 95.2 cm³/mol. The van der Waals surface area contributed by atoms with E-state index in [0.717, 1.165) is 5.56 Å². The van der Waals surface area contributed by atoms with Crippen LogP contribution in [0.15, 0.2) is 24.5 Å². The van der Waals surface area contributed by atoms with E-state index in [2.05, 4.69) is 20.6 Å². The Morgan fingerprint density at radius 2 is 2.04 bits per heavy atom. The number of amides is 1. The summed E-state index contributed by atoms with van der Waals surface area (Å²) in [6, 6.07) is 5.19. The maximum atomic E-state index is 12.1. The van der Waals surface area contributed by atoms with Crippen LogP contribution in [0.1, 0.15) is 29.9 Å². The second-order valence-corrected chi connectivity index (χ2v) is 6.23. The van der Waals surface area contributed by atoms with Gasteiger partial charge in [0.15, 0.2) is 0 Å². The van der Waals surface area contributed by atoms with Crippen LogP contribution in [0.2, 0.25) is 5.02 Å². The molecule has 1 heterocycles. The number of benzene rings is 1. The van der Waals surface area contributed by atoms with Crippen LogP contribution in [0.5, 0.6) is 5.75 Å². The monoisotopic (exact) mass is 348 g/mol. The summed E-state index contributed by atoms with van der Waals surface area (Å²) in [5.74, 6) is 1.23. The zero-order chi connectivity index (χ0) is 17.7. The fourth-order valence-electron chi connectivity index (χ4n) is 2.01. The van der Waals surface area contributed by atoms with Crippen molar-refractivity contribution in [1.82, 2.24) is 15.3 Å². The number of aromatic nitrogens is 2. The number of halogens is 1. The summed E-state index contributed by atoms with van der Waals surface area (Å²) in [5.41, 5.74) is 1.92. The molecule has 2 rings (SSSR count). The van der Waals surface area contributed by atoms with E-state index >= 15 is 0 Å². The molecule has 1 aromatic carbocycles. The Morgan fingerprint density at radius 3 is 2.71 bits per heavy atom. The zero-order valence-electron chi connectivity index (χ0n) is 14.2. The van der Waals surface area contributed by atoms with Gasteiger partial charge in [0, 0.05) is 23.7 Å². The van der Waals surface area contributed by atoms with Gasteiger partial charge in [0.2, 0.25) is 0 Å². The van der Waals surface area contributed by atoms with Gasteiger partial charge in [-0.1, -0.05) is 25.4 Å². The third-order valence-electron chi connectivity index (χ3n) is 3.31. The van der Waals surface area contributed by atoms with E-state index in [1.807, 2.05) is 26.8 Å². The molecule has 24 heavy (non-hydrogen) atoms. The van der Waals surface area contributed by atoms with Gasteiger partial charge in [-0.05, 0) is 24.5 Å². The van der Waals surface area contributed by atoms with Gasteiger partial charge in [-0.15, -0.1) is 0 Å². The first-order valence-corrected chi connectivity index (χ1v) is 8.00. The van der Waals surface area contributed by atoms with Gasteiger partial charge in [0.05, 0.1) is 12.8 Å². The van der Waals surface area contributed by atoms with E-state index in [4.69, 9.17) is 16.3 Å². The number of methoxy groups -OCH3 is 1. The lowest BCUT2D eigenvalue weighted by atomic mass is 10.2. The molecule has 0 saturated carbocycles. The number of nitrogens with one attached hydrogen (secondary N) is 2. The second kappa shape index (κ2) is 7.97. The molecule has 0 spiro atoms. The lowest BCUT2D eigenvalue weighted by molar-refractivity contribution is 0.0944. The van der Waals surface area contributed by atoms with Crippen LogP contribution >= 0.6 is 11.6 Å². The standard InChI is InChI=1S/C17H21ClN4O2/c1-10(2)8-19-17(23)14-7-16(21-9-20-14)22-13-5-11(3)12(18)6-15(13)24-4/h5-7,9-10H,8H2,1-4H3,(H,19,23)(H,20,21,22). The zero-order valence-corrected chi connectivity index (χ0v) is 14.9. The number of nitrogens with zero attached hydrogens (tertiary/aromatic N) is 2. The summed E-state index contributed by atoms with van der Waals surface area (Å²) in [5, 5.41) is 6.59. The molecule has 6 nitrogen and oxygen atoms in total. The molecule has 128 valence electrons. The van der Waals surface area contributed by atoms with Crippen LogP contribution in [0, 0.1) is 12.8 Å². The molecular weight excluding hydrogens is 328 g/mol. The number of carbonyl (C=O) groups excluding carboxylic acids is 1. The molecule has 2 N–H and O–H groups in total. The molecule has 0 radical (unpaired) electrons. The van der Waals surface area contributed by atoms with Crippen molar-refractivity contribution in [2.75, 3.05) is 19.0 Å². The Bertz CT molecular complexity index is 735. The molecule has 0 aliphatic heterocycles. The third-order valence-corrected chi connectivity index (χ3v) is 3.72. The maximum Gasteiger partial charge on any atom is 0.270 e. The van der Waals surface area contributed by atoms with Gasteiger partial charge in [-0.3, -0.25) is 4.79 Å². The molecule has 0 aliphatic rings. The largest absolute Gasteiger partial charge is 0.495 e. The topological polar surface area (TPSA) is 76.1 Å². The Labute approximate surface area is 146 Å². The van der Waals surface area contributed by atoms with Gasteiger partial charge >= 0.3 is 0 Å². The van der Waals surface area contributed by atoms with E-state index < -0.39 is 0 Å². The van der Waals surface area contributed by atoms with Crippen LogP contribution in [0.4, 0.5) is 11.5 Å². The van der Waals surface area contributed by atoms with Crippen LogP contribution in [0.3, 0.4) is 0 Å². The predicted octanol–water partition coefficient (Wildman–Crippen LogP) is 3.58. The van der Waals surface area contributed by atoms with Gasteiger partial charge < -0.3 is 15.4 Å². The average molecular weight is 349 g/mol. The van der Waals surface area contributed by atoms with Crippen molar-refractivity contribution in [2.24, 2.45) is 5.92 Å². The van der Waals surface area contributed by atoms with Crippen molar-refractivity contribution >= 4 is 29.0 Å². The number of hydrogen-bond acceptors (Lipinski definition) is 5. The number of rotatable bonds is 6. The molecule has 2 aromatic rings. The van der Waals surface area contributed by atoms with E-state index in [1.165, 1.54) is 6.33 Å². The van der Waals surface area contributed by atoms with Gasteiger partial charge in [0.25, 0.3) is 5.91 Å². The number of anilines is 2. The summed E-state index contributed by atoms with van der Waals surface area (Å²) < 4.78 is 5.33. The summed E-state index contributed by atoms with van der Waals surface area (Å²) in [6.45, 7) is 6.55. The molecule has 0 bridgehead atoms. The lowest BCUT2D eigenvalue weighted by Gasteiger charge is -2.13. The highest BCUT2D eigenvalue weighted by Crippen LogP contribution is 2.32. The molecular formula is C17H21ClN4O2. The lowest BCUT2D eigenvalue weighted by Crippen LogP contribution is -2.28. The van der Waals surface area contributed by atoms with E-state index in [-0.39, 0.29) is 5.91 Å². The fraction of sp³-hybridized carbons (Fsp3) is 0.353. The van der Waals surface area contributed by atoms with Crippen molar-refractivity contribution in [2.45, 2.75) is 20.8 Å². The van der Waals surface area contributed by atoms with Gasteiger partial charge in [-0.2, -0.15) is 0 Å². The van der Waals surface area contributed by atoms with Gasteiger partial charge in [-0.25, -0.2) is 9.97 Å². The number of hydrogen-bond donors (Lipinski definition) is 2. The molecule has 0 fully saturated rings. The Kier molecular flexibility index (Phi) is 5.98. The summed E-state index contributed by atoms with van der Waals surface area (Å²) in [6.07, 6.45) is 1.35. The normalized spacial score (nSPS) is 10.6. The van der Waals surface area contributed by atoms with E-state index in [1.54, 1.807) is 19.2 Å². The van der Waals surface area contributed by atoms with Crippen molar-refractivity contribution in [3.05, 3.63) is 40.8 Å². The molecule has 0 atom stereocenters. The number of aryl methyl sites for hydroxylation is 1. The first-order valence-electron chi connectivity index (χ1n) is 7.62. The highest BCUT2D eigenvalue weighted by atomic mass is 35.5. The summed E-state index contributed by atoms with van der Waals surface area (Å²) >= 11 is 6.11. The first-order chi connectivity index (χ1) is 11.4. The third kappa shape index (κ3) is 4.58. The highest BCUT2D eigenvalue weighted by Gasteiger charge is 2.11. The maximum absolute atomic E-state index is 12.1. The molecule has 1 amide bonds. The minimum atomic E-state index is -0.228. The molecule has 0 saturated heterocycles. The van der Waals surface area contributed by atoms with Gasteiger partial charge in [0.1, 0.15) is 23.6 Å². The molecule has 0 unspecified atom stereocenters. The van der Waals surface area contributed by atoms with Crippen LogP contribution in [-0.4, -0.2) is 29.5 Å².